The SMILES string of the molecule is CC(C)CNCc1cn[nH]c1-c1cccc(F)c1. The summed E-state index contributed by atoms with van der Waals surface area (Å²) in [5, 5.41) is 10.3. The molecule has 0 aliphatic heterocycles. The number of aromatic nitrogens is 2. The minimum atomic E-state index is -0.233. The van der Waals surface area contributed by atoms with Gasteiger partial charge in [0.2, 0.25) is 0 Å². The number of H-pyrrole nitrogens is 1. The van der Waals surface area contributed by atoms with Crippen LogP contribution < -0.4 is 5.32 Å². The van der Waals surface area contributed by atoms with Gasteiger partial charge in [-0.25, -0.2) is 4.39 Å². The summed E-state index contributed by atoms with van der Waals surface area (Å²) in [7, 11) is 0. The molecule has 0 radical (unpaired) electrons. The van der Waals surface area contributed by atoms with Gasteiger partial charge in [-0.05, 0) is 24.6 Å². The molecule has 0 spiro atoms. The topological polar surface area (TPSA) is 40.7 Å². The molecule has 4 heteroatoms. The third-order valence-electron chi connectivity index (χ3n) is 2.70. The summed E-state index contributed by atoms with van der Waals surface area (Å²) in [5.74, 6) is 0.373. The zero-order valence-electron chi connectivity index (χ0n) is 10.7. The molecule has 0 unspecified atom stereocenters. The summed E-state index contributed by atoms with van der Waals surface area (Å²) in [5.41, 5.74) is 2.76. The van der Waals surface area contributed by atoms with Crippen LogP contribution in [0.15, 0.2) is 30.5 Å². The maximum absolute atomic E-state index is 13.2. The molecule has 2 aromatic rings. The highest BCUT2D eigenvalue weighted by molar-refractivity contribution is 5.62. The molecule has 96 valence electrons. The van der Waals surface area contributed by atoms with E-state index in [1.165, 1.54) is 12.1 Å². The number of rotatable bonds is 5. The molecule has 3 nitrogen and oxygen atoms in total. The molecule has 1 aromatic carbocycles. The first-order chi connectivity index (χ1) is 8.66. The van der Waals surface area contributed by atoms with E-state index in [4.69, 9.17) is 0 Å². The second-order valence-electron chi connectivity index (χ2n) is 4.81. The van der Waals surface area contributed by atoms with E-state index in [0.717, 1.165) is 29.9 Å². The van der Waals surface area contributed by atoms with Gasteiger partial charge in [0.05, 0.1) is 11.9 Å². The van der Waals surface area contributed by atoms with Crippen LogP contribution >= 0.6 is 0 Å². The van der Waals surface area contributed by atoms with Crippen LogP contribution in [0, 0.1) is 11.7 Å². The Kier molecular flexibility index (Phi) is 4.10. The van der Waals surface area contributed by atoms with E-state index >= 15 is 0 Å². The van der Waals surface area contributed by atoms with Gasteiger partial charge < -0.3 is 5.32 Å². The van der Waals surface area contributed by atoms with Gasteiger partial charge in [-0.2, -0.15) is 5.10 Å². The summed E-state index contributed by atoms with van der Waals surface area (Å²) in [6.07, 6.45) is 1.79. The Hall–Kier alpha value is -1.68. The Morgan fingerprint density at radius 3 is 2.94 bits per heavy atom. The predicted octanol–water partition coefficient (Wildman–Crippen LogP) is 2.96. The molecule has 0 bridgehead atoms. The van der Waals surface area contributed by atoms with Gasteiger partial charge in [0, 0.05) is 17.7 Å². The number of halogens is 1. The van der Waals surface area contributed by atoms with Crippen LogP contribution in [0.2, 0.25) is 0 Å². The minimum absolute atomic E-state index is 0.233. The van der Waals surface area contributed by atoms with Crippen molar-refractivity contribution in [2.24, 2.45) is 5.92 Å². The Labute approximate surface area is 106 Å². The van der Waals surface area contributed by atoms with Crippen LogP contribution in [0.4, 0.5) is 4.39 Å². The number of benzene rings is 1. The van der Waals surface area contributed by atoms with Gasteiger partial charge in [0.25, 0.3) is 0 Å². The van der Waals surface area contributed by atoms with Crippen molar-refractivity contribution in [3.8, 4) is 11.3 Å². The van der Waals surface area contributed by atoms with Crippen molar-refractivity contribution < 1.29 is 4.39 Å². The molecule has 0 amide bonds. The molecule has 0 aliphatic carbocycles. The van der Waals surface area contributed by atoms with Crippen molar-refractivity contribution in [1.82, 2.24) is 15.5 Å². The van der Waals surface area contributed by atoms with Crippen LogP contribution in [0.3, 0.4) is 0 Å². The molecular formula is C14H18FN3. The van der Waals surface area contributed by atoms with Crippen LogP contribution in [0.1, 0.15) is 19.4 Å². The van der Waals surface area contributed by atoms with Crippen molar-refractivity contribution in [3.63, 3.8) is 0 Å². The average molecular weight is 247 g/mol. The average Bonchev–Trinajstić information content (AvgIpc) is 2.77. The third-order valence-corrected chi connectivity index (χ3v) is 2.70. The molecule has 18 heavy (non-hydrogen) atoms. The largest absolute Gasteiger partial charge is 0.312 e. The van der Waals surface area contributed by atoms with E-state index in [-0.39, 0.29) is 5.82 Å². The summed E-state index contributed by atoms with van der Waals surface area (Å²) >= 11 is 0. The third kappa shape index (κ3) is 3.17. The smallest absolute Gasteiger partial charge is 0.123 e. The maximum Gasteiger partial charge on any atom is 0.123 e. The van der Waals surface area contributed by atoms with Gasteiger partial charge in [0.1, 0.15) is 5.82 Å². The Morgan fingerprint density at radius 2 is 2.22 bits per heavy atom. The zero-order chi connectivity index (χ0) is 13.0. The Balaban J connectivity index is 2.12. The van der Waals surface area contributed by atoms with Crippen molar-refractivity contribution in [3.05, 3.63) is 41.8 Å². The first-order valence-corrected chi connectivity index (χ1v) is 6.15. The standard InChI is InChI=1S/C14H18FN3/c1-10(2)7-16-8-12-9-17-18-14(12)11-4-3-5-13(15)6-11/h3-6,9-10,16H,7-8H2,1-2H3,(H,17,18). The monoisotopic (exact) mass is 247 g/mol. The Morgan fingerprint density at radius 1 is 1.39 bits per heavy atom. The highest BCUT2D eigenvalue weighted by atomic mass is 19.1. The number of hydrogen-bond donors (Lipinski definition) is 2. The van der Waals surface area contributed by atoms with Gasteiger partial charge in [-0.15, -0.1) is 0 Å². The van der Waals surface area contributed by atoms with Crippen molar-refractivity contribution in [2.45, 2.75) is 20.4 Å². The minimum Gasteiger partial charge on any atom is -0.312 e. The molecule has 0 saturated heterocycles. The summed E-state index contributed by atoms with van der Waals surface area (Å²) in [4.78, 5) is 0. The van der Waals surface area contributed by atoms with Gasteiger partial charge in [-0.1, -0.05) is 26.0 Å². The number of aromatic amines is 1. The second kappa shape index (κ2) is 5.78. The molecule has 0 aliphatic rings. The fraction of sp³-hybridized carbons (Fsp3) is 0.357. The van der Waals surface area contributed by atoms with Gasteiger partial charge in [-0.3, -0.25) is 5.10 Å². The number of nitrogens with one attached hydrogen (secondary N) is 2. The molecule has 0 saturated carbocycles. The summed E-state index contributed by atoms with van der Waals surface area (Å²) in [6, 6.07) is 6.54. The van der Waals surface area contributed by atoms with E-state index in [0.29, 0.717) is 5.92 Å². The van der Waals surface area contributed by atoms with E-state index in [2.05, 4.69) is 29.4 Å². The first kappa shape index (κ1) is 12.8. The lowest BCUT2D eigenvalue weighted by atomic mass is 10.1. The molecule has 1 heterocycles. The highest BCUT2D eigenvalue weighted by Crippen LogP contribution is 2.21. The van der Waals surface area contributed by atoms with Gasteiger partial charge in [0.15, 0.2) is 0 Å². The van der Waals surface area contributed by atoms with E-state index < -0.39 is 0 Å². The fourth-order valence-corrected chi connectivity index (χ4v) is 1.83. The molecular weight excluding hydrogens is 229 g/mol. The lowest BCUT2D eigenvalue weighted by Gasteiger charge is -2.07. The molecule has 1 aromatic heterocycles. The number of hydrogen-bond acceptors (Lipinski definition) is 2. The first-order valence-electron chi connectivity index (χ1n) is 6.15. The van der Waals surface area contributed by atoms with E-state index in [1.807, 2.05) is 6.07 Å². The number of nitrogens with zero attached hydrogens (tertiary/aromatic N) is 1. The van der Waals surface area contributed by atoms with Gasteiger partial charge >= 0.3 is 0 Å². The van der Waals surface area contributed by atoms with Crippen molar-refractivity contribution in [1.29, 1.82) is 0 Å². The van der Waals surface area contributed by atoms with Crippen LogP contribution in [-0.2, 0) is 6.54 Å². The lowest BCUT2D eigenvalue weighted by molar-refractivity contribution is 0.553. The highest BCUT2D eigenvalue weighted by Gasteiger charge is 2.08. The fourth-order valence-electron chi connectivity index (χ4n) is 1.83. The lowest BCUT2D eigenvalue weighted by Crippen LogP contribution is -2.19. The van der Waals surface area contributed by atoms with Crippen molar-refractivity contribution >= 4 is 0 Å². The Bertz CT molecular complexity index is 505. The summed E-state index contributed by atoms with van der Waals surface area (Å²) < 4.78 is 13.2. The maximum atomic E-state index is 13.2. The van der Waals surface area contributed by atoms with Crippen LogP contribution in [-0.4, -0.2) is 16.7 Å². The predicted molar refractivity (Wildman–Crippen MR) is 70.5 cm³/mol. The molecule has 0 atom stereocenters. The molecule has 0 fully saturated rings. The summed E-state index contributed by atoms with van der Waals surface area (Å²) in [6.45, 7) is 6.01. The van der Waals surface area contributed by atoms with E-state index in [1.54, 1.807) is 12.3 Å². The van der Waals surface area contributed by atoms with Crippen molar-refractivity contribution in [2.75, 3.05) is 6.54 Å². The molecule has 2 rings (SSSR count). The second-order valence-corrected chi connectivity index (χ2v) is 4.81. The van der Waals surface area contributed by atoms with Crippen LogP contribution in [0.25, 0.3) is 11.3 Å². The van der Waals surface area contributed by atoms with Crippen LogP contribution in [0.5, 0.6) is 0 Å². The molecule has 2 N–H and O–H groups in total. The normalized spacial score (nSPS) is 11.1. The van der Waals surface area contributed by atoms with E-state index in [9.17, 15) is 4.39 Å². The quantitative estimate of drug-likeness (QED) is 0.852. The zero-order valence-corrected chi connectivity index (χ0v) is 10.7.